The van der Waals surface area contributed by atoms with Crippen molar-refractivity contribution in [3.63, 3.8) is 0 Å². The van der Waals surface area contributed by atoms with E-state index in [0.717, 1.165) is 0 Å². The van der Waals surface area contributed by atoms with Gasteiger partial charge in [0.05, 0.1) is 19.3 Å². The Bertz CT molecular complexity index is 1000. The third-order valence-electron chi connectivity index (χ3n) is 5.53. The number of nitrogens with zero attached hydrogens (tertiary/aromatic N) is 1. The third-order valence-corrected chi connectivity index (χ3v) is 5.53. The Hall–Kier alpha value is -2.96. The van der Waals surface area contributed by atoms with E-state index in [0.29, 0.717) is 32.0 Å². The fraction of sp³-hybridized carbons (Fsp3) is 0.292. The number of hydrogen-bond acceptors (Lipinski definition) is 3. The number of carbonyl (C=O) groups is 1. The highest BCUT2D eigenvalue weighted by Gasteiger charge is 2.27. The number of hydrogen-bond donors (Lipinski definition) is 2. The zero-order valence-corrected chi connectivity index (χ0v) is 17.0. The van der Waals surface area contributed by atoms with Gasteiger partial charge in [-0.05, 0) is 47.5 Å². The number of nitrogens with one attached hydrogen (secondary N) is 2. The van der Waals surface area contributed by atoms with E-state index >= 15 is 0 Å². The van der Waals surface area contributed by atoms with Crippen LogP contribution in [0.4, 0.5) is 14.9 Å². The first-order valence-electron chi connectivity index (χ1n) is 10.2. The number of amides is 2. The minimum atomic E-state index is -0.330. The molecule has 1 aliphatic heterocycles. The van der Waals surface area contributed by atoms with Crippen LogP contribution in [-0.4, -0.2) is 43.3 Å². The molecule has 2 unspecified atom stereocenters. The molecular weight excluding hydrogens is 381 g/mol. The predicted octanol–water partition coefficient (Wildman–Crippen LogP) is 4.56. The van der Waals surface area contributed by atoms with Crippen LogP contribution in [0.15, 0.2) is 66.7 Å². The van der Waals surface area contributed by atoms with Crippen LogP contribution >= 0.6 is 0 Å². The average molecular weight is 407 g/mol. The number of halogens is 1. The fourth-order valence-electron chi connectivity index (χ4n) is 3.87. The van der Waals surface area contributed by atoms with E-state index in [4.69, 9.17) is 4.74 Å². The van der Waals surface area contributed by atoms with Gasteiger partial charge in [-0.1, -0.05) is 42.5 Å². The van der Waals surface area contributed by atoms with Crippen molar-refractivity contribution in [2.24, 2.45) is 0 Å². The molecule has 2 amide bonds. The quantitative estimate of drug-likeness (QED) is 0.652. The van der Waals surface area contributed by atoms with Gasteiger partial charge in [-0.15, -0.1) is 0 Å². The normalized spacial score (nSPS) is 17.7. The van der Waals surface area contributed by atoms with Gasteiger partial charge in [-0.3, -0.25) is 0 Å². The van der Waals surface area contributed by atoms with Crippen molar-refractivity contribution in [1.29, 1.82) is 0 Å². The maximum absolute atomic E-state index is 13.1. The summed E-state index contributed by atoms with van der Waals surface area (Å²) >= 11 is 0. The first-order valence-corrected chi connectivity index (χ1v) is 10.2. The standard InChI is InChI=1S/C24H26FN3O2/c1-17(22-8-4-6-18-5-2-3-7-23(18)22)26-15-21-16-30-14-13-28(21)24(29)27-20-11-9-19(25)10-12-20/h2-12,17,21,26H,13-16H2,1H3,(H,27,29). The van der Waals surface area contributed by atoms with Gasteiger partial charge in [0.2, 0.25) is 0 Å². The van der Waals surface area contributed by atoms with E-state index in [2.05, 4.69) is 54.0 Å². The van der Waals surface area contributed by atoms with Crippen LogP contribution in [0, 0.1) is 5.82 Å². The largest absolute Gasteiger partial charge is 0.377 e. The molecular formula is C24H26FN3O2. The van der Waals surface area contributed by atoms with Gasteiger partial charge >= 0.3 is 6.03 Å². The molecule has 1 saturated heterocycles. The van der Waals surface area contributed by atoms with Crippen molar-refractivity contribution in [2.75, 3.05) is 31.6 Å². The maximum Gasteiger partial charge on any atom is 0.322 e. The number of anilines is 1. The van der Waals surface area contributed by atoms with Crippen molar-refractivity contribution in [1.82, 2.24) is 10.2 Å². The Labute approximate surface area is 175 Å². The van der Waals surface area contributed by atoms with Crippen LogP contribution in [0.25, 0.3) is 10.8 Å². The number of urea groups is 1. The van der Waals surface area contributed by atoms with Crippen molar-refractivity contribution >= 4 is 22.5 Å². The molecule has 30 heavy (non-hydrogen) atoms. The van der Waals surface area contributed by atoms with E-state index in [1.165, 1.54) is 28.5 Å². The van der Waals surface area contributed by atoms with Crippen molar-refractivity contribution in [3.8, 4) is 0 Å². The predicted molar refractivity (Wildman–Crippen MR) is 117 cm³/mol. The van der Waals surface area contributed by atoms with Gasteiger partial charge in [0.15, 0.2) is 0 Å². The lowest BCUT2D eigenvalue weighted by molar-refractivity contribution is 0.0151. The van der Waals surface area contributed by atoms with Crippen LogP contribution in [0.3, 0.4) is 0 Å². The molecule has 5 nitrogen and oxygen atoms in total. The summed E-state index contributed by atoms with van der Waals surface area (Å²) in [6.45, 7) is 4.25. The summed E-state index contributed by atoms with van der Waals surface area (Å²) in [5.41, 5.74) is 1.80. The van der Waals surface area contributed by atoms with Crippen LogP contribution in [0.1, 0.15) is 18.5 Å². The molecule has 3 aromatic carbocycles. The highest BCUT2D eigenvalue weighted by molar-refractivity contribution is 5.89. The topological polar surface area (TPSA) is 53.6 Å². The summed E-state index contributed by atoms with van der Waals surface area (Å²) in [4.78, 5) is 14.6. The Morgan fingerprint density at radius 3 is 2.73 bits per heavy atom. The summed E-state index contributed by atoms with van der Waals surface area (Å²) in [5, 5.41) is 8.86. The second kappa shape index (κ2) is 9.24. The lowest BCUT2D eigenvalue weighted by Crippen LogP contribution is -2.54. The van der Waals surface area contributed by atoms with Gasteiger partial charge in [0.1, 0.15) is 5.82 Å². The summed E-state index contributed by atoms with van der Waals surface area (Å²) in [6, 6.07) is 20.3. The van der Waals surface area contributed by atoms with E-state index in [1.54, 1.807) is 17.0 Å². The monoisotopic (exact) mass is 407 g/mol. The van der Waals surface area contributed by atoms with E-state index in [-0.39, 0.29) is 23.9 Å². The zero-order valence-electron chi connectivity index (χ0n) is 17.0. The molecule has 1 aliphatic rings. The van der Waals surface area contributed by atoms with E-state index in [1.807, 2.05) is 6.07 Å². The molecule has 0 bridgehead atoms. The first kappa shape index (κ1) is 20.3. The van der Waals surface area contributed by atoms with Gasteiger partial charge in [0, 0.05) is 24.8 Å². The Kier molecular flexibility index (Phi) is 6.26. The summed E-state index contributed by atoms with van der Waals surface area (Å²) in [5.74, 6) is -0.330. The molecule has 3 aromatic rings. The highest BCUT2D eigenvalue weighted by Crippen LogP contribution is 2.24. The zero-order chi connectivity index (χ0) is 20.9. The SMILES string of the molecule is CC(NCC1COCCN1C(=O)Nc1ccc(F)cc1)c1cccc2ccccc12. The molecule has 2 N–H and O–H groups in total. The van der Waals surface area contributed by atoms with Gasteiger partial charge in [0.25, 0.3) is 0 Å². The molecule has 1 heterocycles. The Balaban J connectivity index is 1.41. The number of benzene rings is 3. The van der Waals surface area contributed by atoms with Crippen LogP contribution in [0.5, 0.6) is 0 Å². The smallest absolute Gasteiger partial charge is 0.322 e. The summed E-state index contributed by atoms with van der Waals surface area (Å²) < 4.78 is 18.7. The van der Waals surface area contributed by atoms with Crippen LogP contribution < -0.4 is 10.6 Å². The minimum absolute atomic E-state index is 0.0865. The van der Waals surface area contributed by atoms with Gasteiger partial charge < -0.3 is 20.3 Å². The maximum atomic E-state index is 13.1. The molecule has 4 rings (SSSR count). The van der Waals surface area contributed by atoms with E-state index in [9.17, 15) is 9.18 Å². The summed E-state index contributed by atoms with van der Waals surface area (Å²) in [7, 11) is 0. The summed E-state index contributed by atoms with van der Waals surface area (Å²) in [6.07, 6.45) is 0. The first-order chi connectivity index (χ1) is 14.6. The third kappa shape index (κ3) is 4.61. The highest BCUT2D eigenvalue weighted by atomic mass is 19.1. The number of fused-ring (bicyclic) bond motifs is 1. The molecule has 156 valence electrons. The average Bonchev–Trinajstić information content (AvgIpc) is 2.78. The molecule has 2 atom stereocenters. The lowest BCUT2D eigenvalue weighted by Gasteiger charge is -2.36. The number of carbonyl (C=O) groups excluding carboxylic acids is 1. The molecule has 0 aromatic heterocycles. The lowest BCUT2D eigenvalue weighted by atomic mass is 9.99. The van der Waals surface area contributed by atoms with E-state index < -0.39 is 0 Å². The van der Waals surface area contributed by atoms with Crippen molar-refractivity contribution < 1.29 is 13.9 Å². The molecule has 6 heteroatoms. The van der Waals surface area contributed by atoms with Crippen molar-refractivity contribution in [3.05, 3.63) is 78.1 Å². The number of morpholine rings is 1. The molecule has 0 aliphatic carbocycles. The molecule has 0 spiro atoms. The Morgan fingerprint density at radius 1 is 1.13 bits per heavy atom. The van der Waals surface area contributed by atoms with Gasteiger partial charge in [-0.2, -0.15) is 0 Å². The second-order valence-corrected chi connectivity index (χ2v) is 7.56. The minimum Gasteiger partial charge on any atom is -0.377 e. The number of rotatable bonds is 5. The van der Waals surface area contributed by atoms with Crippen LogP contribution in [-0.2, 0) is 4.74 Å². The molecule has 1 fully saturated rings. The Morgan fingerprint density at radius 2 is 1.90 bits per heavy atom. The second-order valence-electron chi connectivity index (χ2n) is 7.56. The number of ether oxygens (including phenoxy) is 1. The van der Waals surface area contributed by atoms with Gasteiger partial charge in [-0.25, -0.2) is 9.18 Å². The molecule has 0 saturated carbocycles. The van der Waals surface area contributed by atoms with Crippen LogP contribution in [0.2, 0.25) is 0 Å². The molecule has 0 radical (unpaired) electrons. The van der Waals surface area contributed by atoms with Crippen molar-refractivity contribution in [2.45, 2.75) is 19.0 Å². The fourth-order valence-corrected chi connectivity index (χ4v) is 3.87.